The van der Waals surface area contributed by atoms with Crippen molar-refractivity contribution < 1.29 is 9.90 Å². The monoisotopic (exact) mass is 296 g/mol. The molecule has 0 radical (unpaired) electrons. The van der Waals surface area contributed by atoms with Crippen LogP contribution in [0.25, 0.3) is 0 Å². The molecule has 0 aliphatic rings. The summed E-state index contributed by atoms with van der Waals surface area (Å²) in [6, 6.07) is -0.440. The van der Waals surface area contributed by atoms with Gasteiger partial charge in [0.25, 0.3) is 5.91 Å². The van der Waals surface area contributed by atoms with Crippen LogP contribution in [-0.2, 0) is 4.79 Å². The fourth-order valence-corrected chi connectivity index (χ4v) is 1.86. The van der Waals surface area contributed by atoms with Gasteiger partial charge in [-0.1, -0.05) is 58.6 Å². The zero-order valence-corrected chi connectivity index (χ0v) is 14.1. The van der Waals surface area contributed by atoms with E-state index in [1.807, 2.05) is 27.7 Å². The van der Waals surface area contributed by atoms with Crippen LogP contribution in [0.1, 0.15) is 40.5 Å². The summed E-state index contributed by atoms with van der Waals surface area (Å²) in [5, 5.41) is 15.7. The first kappa shape index (κ1) is 21.9. The summed E-state index contributed by atoms with van der Waals surface area (Å²) >= 11 is 0. The van der Waals surface area contributed by atoms with Gasteiger partial charge in [-0.05, 0) is 26.0 Å². The molecular weight excluding hydrogens is 264 g/mol. The van der Waals surface area contributed by atoms with Crippen LogP contribution in [0.3, 0.4) is 0 Å². The highest BCUT2D eigenvalue weighted by molar-refractivity contribution is 5.82. The van der Waals surface area contributed by atoms with E-state index in [1.165, 1.54) is 0 Å². The first-order valence-electron chi connectivity index (χ1n) is 7.62. The van der Waals surface area contributed by atoms with Crippen LogP contribution in [0.2, 0.25) is 0 Å². The average molecular weight is 296 g/mol. The average Bonchev–Trinajstić information content (AvgIpc) is 2.51. The Morgan fingerprint density at radius 2 is 1.90 bits per heavy atom. The van der Waals surface area contributed by atoms with Gasteiger partial charge in [-0.3, -0.25) is 4.79 Å². The zero-order chi connectivity index (χ0) is 16.8. The van der Waals surface area contributed by atoms with Crippen molar-refractivity contribution in [2.24, 2.45) is 0 Å². The third-order valence-electron chi connectivity index (χ3n) is 3.02. The van der Waals surface area contributed by atoms with Gasteiger partial charge in [0, 0.05) is 6.04 Å². The van der Waals surface area contributed by atoms with E-state index in [9.17, 15) is 9.90 Å². The largest absolute Gasteiger partial charge is 0.382 e. The predicted octanol–water partition coefficient (Wildman–Crippen LogP) is 2.56. The molecule has 4 heteroatoms. The van der Waals surface area contributed by atoms with E-state index in [1.54, 1.807) is 25.3 Å². The van der Waals surface area contributed by atoms with Gasteiger partial charge in [-0.2, -0.15) is 0 Å². The zero-order valence-electron chi connectivity index (χ0n) is 14.1. The Bertz CT molecular complexity index is 338. The molecule has 0 aromatic rings. The lowest BCUT2D eigenvalue weighted by atomic mass is 10.0. The summed E-state index contributed by atoms with van der Waals surface area (Å²) in [6.45, 7) is 15.2. The van der Waals surface area contributed by atoms with Crippen LogP contribution >= 0.6 is 0 Å². The lowest BCUT2D eigenvalue weighted by Crippen LogP contribution is -2.50. The molecule has 3 N–H and O–H groups in total. The Labute approximate surface area is 130 Å². The standard InChI is InChI=1S/C15H26N2O2.C2H6/c1-6-9-12(8-3)11(4)17-15(19)14(18)13(16-5)10-7-2;1-2/h6,8-9,11,13-14,16,18H,1,3,7,10H2,2,4-5H3,(H,17,19);1-2H3/b12-9+;. The van der Waals surface area contributed by atoms with Crippen LogP contribution in [0, 0.1) is 0 Å². The van der Waals surface area contributed by atoms with Crippen molar-refractivity contribution in [2.45, 2.75) is 58.7 Å². The lowest BCUT2D eigenvalue weighted by Gasteiger charge is -2.23. The Morgan fingerprint density at radius 1 is 1.33 bits per heavy atom. The number of hydrogen-bond donors (Lipinski definition) is 3. The van der Waals surface area contributed by atoms with Crippen molar-refractivity contribution in [2.75, 3.05) is 7.05 Å². The van der Waals surface area contributed by atoms with E-state index < -0.39 is 6.10 Å². The molecule has 3 atom stereocenters. The number of aliphatic hydroxyl groups is 1. The molecule has 4 nitrogen and oxygen atoms in total. The van der Waals surface area contributed by atoms with Crippen LogP contribution in [0.5, 0.6) is 0 Å². The summed E-state index contributed by atoms with van der Waals surface area (Å²) in [4.78, 5) is 12.0. The van der Waals surface area contributed by atoms with Gasteiger partial charge in [0.1, 0.15) is 6.10 Å². The van der Waals surface area contributed by atoms with Crippen LogP contribution in [-0.4, -0.2) is 36.2 Å². The first-order chi connectivity index (χ1) is 10.0. The van der Waals surface area contributed by atoms with E-state index in [0.29, 0.717) is 0 Å². The SMILES string of the molecule is C=C/C=C(\C=C)C(C)NC(=O)C(O)C(CCC)NC.CC. The third kappa shape index (κ3) is 8.48. The molecule has 0 saturated carbocycles. The summed E-state index contributed by atoms with van der Waals surface area (Å²) < 4.78 is 0. The molecule has 0 saturated heterocycles. The van der Waals surface area contributed by atoms with E-state index in [2.05, 4.69) is 23.8 Å². The maximum atomic E-state index is 12.0. The molecular formula is C17H32N2O2. The normalized spacial score (nSPS) is 15.0. The van der Waals surface area contributed by atoms with Gasteiger partial charge in [-0.15, -0.1) is 0 Å². The quantitative estimate of drug-likeness (QED) is 0.573. The molecule has 0 aliphatic heterocycles. The number of carbonyl (C=O) groups is 1. The van der Waals surface area contributed by atoms with Crippen molar-refractivity contribution in [1.82, 2.24) is 10.6 Å². The number of likely N-dealkylation sites (N-methyl/N-ethyl adjacent to an activating group) is 1. The van der Waals surface area contributed by atoms with Crippen LogP contribution < -0.4 is 10.6 Å². The number of nitrogens with one attached hydrogen (secondary N) is 2. The summed E-state index contributed by atoms with van der Waals surface area (Å²) in [6.07, 6.45) is 5.69. The molecule has 0 rings (SSSR count). The molecule has 0 aliphatic carbocycles. The minimum absolute atomic E-state index is 0.211. The molecule has 0 spiro atoms. The van der Waals surface area contributed by atoms with E-state index in [4.69, 9.17) is 0 Å². The molecule has 0 bridgehead atoms. The number of rotatable bonds is 9. The molecule has 0 heterocycles. The molecule has 0 aromatic carbocycles. The highest BCUT2D eigenvalue weighted by Crippen LogP contribution is 2.06. The Hall–Kier alpha value is -1.39. The summed E-state index contributed by atoms with van der Waals surface area (Å²) in [5.74, 6) is -0.378. The molecule has 21 heavy (non-hydrogen) atoms. The summed E-state index contributed by atoms with van der Waals surface area (Å²) in [7, 11) is 1.74. The van der Waals surface area contributed by atoms with E-state index >= 15 is 0 Å². The third-order valence-corrected chi connectivity index (χ3v) is 3.02. The fourth-order valence-electron chi connectivity index (χ4n) is 1.86. The molecule has 3 unspecified atom stereocenters. The Kier molecular flexibility index (Phi) is 14.2. The molecule has 0 fully saturated rings. The number of amides is 1. The summed E-state index contributed by atoms with van der Waals surface area (Å²) in [5.41, 5.74) is 0.854. The minimum Gasteiger partial charge on any atom is -0.382 e. The molecule has 1 amide bonds. The van der Waals surface area contributed by atoms with Crippen LogP contribution in [0.4, 0.5) is 0 Å². The van der Waals surface area contributed by atoms with E-state index in [0.717, 1.165) is 18.4 Å². The number of hydrogen-bond acceptors (Lipinski definition) is 3. The Morgan fingerprint density at radius 3 is 2.29 bits per heavy atom. The number of allylic oxidation sites excluding steroid dienone is 2. The predicted molar refractivity (Wildman–Crippen MR) is 91.2 cm³/mol. The highest BCUT2D eigenvalue weighted by Gasteiger charge is 2.25. The van der Waals surface area contributed by atoms with Gasteiger partial charge in [0.15, 0.2) is 0 Å². The van der Waals surface area contributed by atoms with E-state index in [-0.39, 0.29) is 18.0 Å². The Balaban J connectivity index is 0. The van der Waals surface area contributed by atoms with Gasteiger partial charge in [0.2, 0.25) is 0 Å². The van der Waals surface area contributed by atoms with Crippen molar-refractivity contribution in [3.63, 3.8) is 0 Å². The second kappa shape index (κ2) is 13.6. The maximum Gasteiger partial charge on any atom is 0.250 e. The first-order valence-corrected chi connectivity index (χ1v) is 7.62. The minimum atomic E-state index is -1.05. The van der Waals surface area contributed by atoms with Gasteiger partial charge < -0.3 is 15.7 Å². The number of carbonyl (C=O) groups excluding carboxylic acids is 1. The second-order valence-corrected chi connectivity index (χ2v) is 4.47. The molecule has 122 valence electrons. The van der Waals surface area contributed by atoms with Gasteiger partial charge >= 0.3 is 0 Å². The second-order valence-electron chi connectivity index (χ2n) is 4.47. The topological polar surface area (TPSA) is 61.4 Å². The smallest absolute Gasteiger partial charge is 0.250 e. The van der Waals surface area contributed by atoms with Crippen molar-refractivity contribution in [3.8, 4) is 0 Å². The van der Waals surface area contributed by atoms with Crippen molar-refractivity contribution >= 4 is 5.91 Å². The van der Waals surface area contributed by atoms with Crippen molar-refractivity contribution in [1.29, 1.82) is 0 Å². The highest BCUT2D eigenvalue weighted by atomic mass is 16.3. The fraction of sp³-hybridized carbons (Fsp3) is 0.588. The maximum absolute atomic E-state index is 12.0. The van der Waals surface area contributed by atoms with Gasteiger partial charge in [0.05, 0.1) is 6.04 Å². The molecule has 0 aromatic heterocycles. The number of aliphatic hydroxyl groups excluding tert-OH is 1. The van der Waals surface area contributed by atoms with Gasteiger partial charge in [-0.25, -0.2) is 0 Å². The lowest BCUT2D eigenvalue weighted by molar-refractivity contribution is -0.131. The van der Waals surface area contributed by atoms with Crippen LogP contribution in [0.15, 0.2) is 37.0 Å². The van der Waals surface area contributed by atoms with Crippen molar-refractivity contribution in [3.05, 3.63) is 37.0 Å².